The number of aryl methyl sites for hydroxylation is 1. The molecule has 3 heterocycles. The van der Waals surface area contributed by atoms with Gasteiger partial charge in [-0.2, -0.15) is 0 Å². The van der Waals surface area contributed by atoms with Crippen LogP contribution in [0.25, 0.3) is 0 Å². The van der Waals surface area contributed by atoms with Crippen LogP contribution in [0.5, 0.6) is 5.75 Å². The van der Waals surface area contributed by atoms with Gasteiger partial charge in [0, 0.05) is 45.5 Å². The first-order valence-electron chi connectivity index (χ1n) is 7.52. The van der Waals surface area contributed by atoms with Gasteiger partial charge in [-0.05, 0) is 19.5 Å². The molecule has 1 saturated heterocycles. The maximum Gasteiger partial charge on any atom is 0.148 e. The van der Waals surface area contributed by atoms with Crippen LogP contribution in [0.15, 0.2) is 11.2 Å². The third-order valence-electron chi connectivity index (χ3n) is 4.22. The van der Waals surface area contributed by atoms with Crippen molar-refractivity contribution >= 4 is 5.84 Å². The smallest absolute Gasteiger partial charge is 0.148 e. The van der Waals surface area contributed by atoms with Crippen molar-refractivity contribution in [3.63, 3.8) is 0 Å². The number of hydrogen-bond donors (Lipinski definition) is 2. The Kier molecular flexibility index (Phi) is 4.07. The molecular formula is C15H23N5O. The quantitative estimate of drug-likeness (QED) is 0.832. The number of nitrogens with one attached hydrogen (secondary N) is 1. The zero-order valence-corrected chi connectivity index (χ0v) is 12.8. The first kappa shape index (κ1) is 14.3. The second kappa shape index (κ2) is 5.99. The topological polar surface area (TPSA) is 64.0 Å². The van der Waals surface area contributed by atoms with E-state index in [9.17, 15) is 5.11 Å². The van der Waals surface area contributed by atoms with E-state index in [1.807, 2.05) is 13.1 Å². The number of amidine groups is 1. The first-order chi connectivity index (χ1) is 10.1. The third kappa shape index (κ3) is 3.01. The minimum Gasteiger partial charge on any atom is -0.505 e. The summed E-state index contributed by atoms with van der Waals surface area (Å²) in [5, 5.41) is 13.7. The minimum absolute atomic E-state index is 0.259. The fraction of sp³-hybridized carbons (Fsp3) is 0.600. The molecule has 3 rings (SSSR count). The summed E-state index contributed by atoms with van der Waals surface area (Å²) in [5.74, 6) is 1.07. The van der Waals surface area contributed by atoms with E-state index >= 15 is 0 Å². The molecule has 0 spiro atoms. The Hall–Kier alpha value is -1.66. The minimum atomic E-state index is 0.259. The van der Waals surface area contributed by atoms with Gasteiger partial charge in [0.15, 0.2) is 0 Å². The highest BCUT2D eigenvalue weighted by Gasteiger charge is 2.22. The van der Waals surface area contributed by atoms with Crippen molar-refractivity contribution in [2.45, 2.75) is 13.5 Å². The zero-order chi connectivity index (χ0) is 14.8. The molecule has 0 aliphatic carbocycles. The van der Waals surface area contributed by atoms with Crippen molar-refractivity contribution in [1.29, 1.82) is 0 Å². The Morgan fingerprint density at radius 1 is 1.29 bits per heavy atom. The molecule has 2 aliphatic heterocycles. The maximum absolute atomic E-state index is 10.4. The van der Waals surface area contributed by atoms with E-state index in [1.165, 1.54) is 0 Å². The third-order valence-corrected chi connectivity index (χ3v) is 4.22. The molecule has 6 heteroatoms. The Morgan fingerprint density at radius 2 is 2.05 bits per heavy atom. The summed E-state index contributed by atoms with van der Waals surface area (Å²) in [6.07, 6.45) is 1.88. The lowest BCUT2D eigenvalue weighted by Crippen LogP contribution is -2.44. The van der Waals surface area contributed by atoms with Crippen LogP contribution in [-0.4, -0.2) is 72.0 Å². The van der Waals surface area contributed by atoms with Crippen LogP contribution in [0.1, 0.15) is 16.8 Å². The van der Waals surface area contributed by atoms with Gasteiger partial charge in [0.25, 0.3) is 0 Å². The number of aliphatic imine (C=N–C) groups is 1. The number of likely N-dealkylation sites (N-methyl/N-ethyl adjacent to an activating group) is 1. The number of pyridine rings is 1. The van der Waals surface area contributed by atoms with Crippen LogP contribution in [0, 0.1) is 6.92 Å². The lowest BCUT2D eigenvalue weighted by molar-refractivity contribution is 0.148. The summed E-state index contributed by atoms with van der Waals surface area (Å²) in [7, 11) is 2.15. The molecule has 1 fully saturated rings. The van der Waals surface area contributed by atoms with Crippen molar-refractivity contribution in [2.75, 3.05) is 46.3 Å². The first-order valence-corrected chi connectivity index (χ1v) is 7.52. The molecular weight excluding hydrogens is 266 g/mol. The lowest BCUT2D eigenvalue weighted by Gasteiger charge is -2.32. The van der Waals surface area contributed by atoms with Gasteiger partial charge < -0.3 is 15.3 Å². The van der Waals surface area contributed by atoms with E-state index < -0.39 is 0 Å². The summed E-state index contributed by atoms with van der Waals surface area (Å²) in [6, 6.07) is 0. The monoisotopic (exact) mass is 289 g/mol. The highest BCUT2D eigenvalue weighted by atomic mass is 16.3. The van der Waals surface area contributed by atoms with E-state index in [2.05, 4.69) is 32.1 Å². The normalized spacial score (nSPS) is 20.4. The summed E-state index contributed by atoms with van der Waals surface area (Å²) in [6.45, 7) is 8.50. The van der Waals surface area contributed by atoms with Crippen LogP contribution in [0.3, 0.4) is 0 Å². The van der Waals surface area contributed by atoms with Crippen LogP contribution in [0.4, 0.5) is 0 Å². The van der Waals surface area contributed by atoms with Crippen molar-refractivity contribution < 1.29 is 5.11 Å². The summed E-state index contributed by atoms with van der Waals surface area (Å²) >= 11 is 0. The second-order valence-corrected chi connectivity index (χ2v) is 5.83. The van der Waals surface area contributed by atoms with Gasteiger partial charge in [0.1, 0.15) is 11.6 Å². The summed E-state index contributed by atoms with van der Waals surface area (Å²) < 4.78 is 0. The number of aromatic hydroxyl groups is 1. The molecule has 1 aromatic heterocycles. The zero-order valence-electron chi connectivity index (χ0n) is 12.8. The molecule has 0 aromatic carbocycles. The number of aromatic nitrogens is 1. The molecule has 0 saturated carbocycles. The van der Waals surface area contributed by atoms with E-state index in [0.29, 0.717) is 5.69 Å². The van der Waals surface area contributed by atoms with Crippen LogP contribution >= 0.6 is 0 Å². The molecule has 2 N–H and O–H groups in total. The summed E-state index contributed by atoms with van der Waals surface area (Å²) in [4.78, 5) is 13.5. The fourth-order valence-electron chi connectivity index (χ4n) is 2.83. The molecule has 0 bridgehead atoms. The van der Waals surface area contributed by atoms with Gasteiger partial charge in [-0.3, -0.25) is 14.9 Å². The van der Waals surface area contributed by atoms with Gasteiger partial charge in [-0.25, -0.2) is 0 Å². The molecule has 6 nitrogen and oxygen atoms in total. The average molecular weight is 289 g/mol. The Bertz CT molecular complexity index is 549. The van der Waals surface area contributed by atoms with Crippen molar-refractivity contribution in [1.82, 2.24) is 20.1 Å². The van der Waals surface area contributed by atoms with E-state index in [4.69, 9.17) is 0 Å². The SMILES string of the molecule is Cc1ncc(CN2CCN(C)CC2)c(C2=NCCN2)c1O. The molecule has 0 unspecified atom stereocenters. The lowest BCUT2D eigenvalue weighted by atomic mass is 10.1. The number of nitrogens with zero attached hydrogens (tertiary/aromatic N) is 4. The molecule has 114 valence electrons. The van der Waals surface area contributed by atoms with Gasteiger partial charge >= 0.3 is 0 Å². The Morgan fingerprint density at radius 3 is 2.71 bits per heavy atom. The molecule has 2 aliphatic rings. The van der Waals surface area contributed by atoms with Crippen molar-refractivity contribution in [2.24, 2.45) is 4.99 Å². The van der Waals surface area contributed by atoms with Crippen molar-refractivity contribution in [3.05, 3.63) is 23.0 Å². The fourth-order valence-corrected chi connectivity index (χ4v) is 2.83. The van der Waals surface area contributed by atoms with Crippen molar-refractivity contribution in [3.8, 4) is 5.75 Å². The highest BCUT2D eigenvalue weighted by molar-refractivity contribution is 6.03. The van der Waals surface area contributed by atoms with E-state index in [-0.39, 0.29) is 5.75 Å². The Labute approximate surface area is 125 Å². The highest BCUT2D eigenvalue weighted by Crippen LogP contribution is 2.26. The van der Waals surface area contributed by atoms with Gasteiger partial charge in [-0.15, -0.1) is 0 Å². The number of rotatable bonds is 3. The predicted octanol–water partition coefficient (Wildman–Crippen LogP) is 0.193. The van der Waals surface area contributed by atoms with Crippen LogP contribution in [0.2, 0.25) is 0 Å². The van der Waals surface area contributed by atoms with E-state index in [0.717, 1.165) is 62.8 Å². The van der Waals surface area contributed by atoms with Crippen LogP contribution < -0.4 is 5.32 Å². The number of hydrogen-bond acceptors (Lipinski definition) is 6. The molecule has 1 aromatic rings. The molecule has 21 heavy (non-hydrogen) atoms. The predicted molar refractivity (Wildman–Crippen MR) is 82.8 cm³/mol. The standard InChI is InChI=1S/C15H23N5O/c1-11-14(21)13(15-16-3-4-17-15)12(9-18-11)10-20-7-5-19(2)6-8-20/h9,21H,3-8,10H2,1-2H3,(H,16,17). The Balaban J connectivity index is 1.86. The van der Waals surface area contributed by atoms with Gasteiger partial charge in [-0.1, -0.05) is 0 Å². The largest absolute Gasteiger partial charge is 0.505 e. The van der Waals surface area contributed by atoms with E-state index in [1.54, 1.807) is 0 Å². The molecule has 0 atom stereocenters. The van der Waals surface area contributed by atoms with Crippen LogP contribution in [-0.2, 0) is 6.54 Å². The van der Waals surface area contributed by atoms with Gasteiger partial charge in [0.05, 0.1) is 17.8 Å². The molecule has 0 amide bonds. The number of piperazine rings is 1. The second-order valence-electron chi connectivity index (χ2n) is 5.83. The summed E-state index contributed by atoms with van der Waals surface area (Å²) in [5.41, 5.74) is 2.54. The molecule has 0 radical (unpaired) electrons. The maximum atomic E-state index is 10.4. The van der Waals surface area contributed by atoms with Gasteiger partial charge in [0.2, 0.25) is 0 Å². The average Bonchev–Trinajstić information content (AvgIpc) is 2.99.